The van der Waals surface area contributed by atoms with Crippen LogP contribution in [0.4, 0.5) is 18.9 Å². The lowest BCUT2D eigenvalue weighted by Gasteiger charge is -2.19. The van der Waals surface area contributed by atoms with Crippen molar-refractivity contribution in [3.8, 4) is 28.6 Å². The number of thiocarbonyl (C=S) groups is 1. The van der Waals surface area contributed by atoms with Gasteiger partial charge in [0.2, 0.25) is 5.91 Å². The van der Waals surface area contributed by atoms with Crippen molar-refractivity contribution in [2.45, 2.75) is 19.7 Å². The van der Waals surface area contributed by atoms with E-state index in [1.165, 1.54) is 47.0 Å². The summed E-state index contributed by atoms with van der Waals surface area (Å²) in [5.41, 5.74) is 3.94. The summed E-state index contributed by atoms with van der Waals surface area (Å²) in [5.74, 6) is 1.06. The smallest absolute Gasteiger partial charge is 0.497 e. The number of carbonyl (C=O) groups is 1. The van der Waals surface area contributed by atoms with E-state index in [1.807, 2.05) is 43.3 Å². The van der Waals surface area contributed by atoms with Crippen molar-refractivity contribution in [3.05, 3.63) is 84.2 Å². The number of carbonyl (C=O) groups excluding carboxylic acids is 1. The molecule has 1 aromatic heterocycles. The molecule has 1 fully saturated rings. The molecule has 1 N–H and O–H groups in total. The fourth-order valence-corrected chi connectivity index (χ4v) is 5.43. The van der Waals surface area contributed by atoms with Crippen molar-refractivity contribution in [2.75, 3.05) is 24.3 Å². The summed E-state index contributed by atoms with van der Waals surface area (Å²) in [4.78, 5) is 23.1. The minimum absolute atomic E-state index is 0.0693. The van der Waals surface area contributed by atoms with Gasteiger partial charge < -0.3 is 14.8 Å². The van der Waals surface area contributed by atoms with Crippen LogP contribution in [-0.4, -0.2) is 56.7 Å². The summed E-state index contributed by atoms with van der Waals surface area (Å²) in [6, 6.07) is 18.5. The average Bonchev–Trinajstić information content (AvgIpc) is 3.60. The molecule has 0 saturated carbocycles. The Labute approximate surface area is 254 Å². The van der Waals surface area contributed by atoms with E-state index in [9.17, 15) is 18.0 Å². The second kappa shape index (κ2) is 12.8. The predicted octanol–water partition coefficient (Wildman–Crippen LogP) is 5.70. The minimum atomic E-state index is -4.76. The van der Waals surface area contributed by atoms with Crippen LogP contribution < -0.4 is 19.7 Å². The van der Waals surface area contributed by atoms with Crippen LogP contribution in [0.3, 0.4) is 0 Å². The third kappa shape index (κ3) is 7.51. The second-order valence-electron chi connectivity index (χ2n) is 9.30. The highest BCUT2D eigenvalue weighted by Crippen LogP contribution is 2.31. The number of hydrogen-bond acceptors (Lipinski definition) is 7. The Bertz CT molecular complexity index is 1670. The summed E-state index contributed by atoms with van der Waals surface area (Å²) in [5, 5.41) is 8.39. The molecule has 0 atom stereocenters. The number of amides is 1. The highest BCUT2D eigenvalue weighted by Gasteiger charge is 2.32. The van der Waals surface area contributed by atoms with Gasteiger partial charge in [-0.3, -0.25) is 9.69 Å². The van der Waals surface area contributed by atoms with Gasteiger partial charge in [-0.1, -0.05) is 30.0 Å². The van der Waals surface area contributed by atoms with Crippen molar-refractivity contribution < 1.29 is 27.4 Å². The molecule has 0 unspecified atom stereocenters. The molecule has 5 rings (SSSR count). The number of aliphatic imine (C=N–C) groups is 1. The molecule has 43 heavy (non-hydrogen) atoms. The molecule has 1 aliphatic heterocycles. The number of aryl methyl sites for hydroxylation is 1. The first kappa shape index (κ1) is 30.0. The molecular formula is C29H25F3N6O3S2. The Balaban J connectivity index is 1.19. The molecule has 0 bridgehead atoms. The maximum atomic E-state index is 12.6. The third-order valence-corrected chi connectivity index (χ3v) is 7.47. The van der Waals surface area contributed by atoms with E-state index in [2.05, 4.69) is 25.1 Å². The van der Waals surface area contributed by atoms with Gasteiger partial charge in [-0.2, -0.15) is 4.99 Å². The highest BCUT2D eigenvalue weighted by molar-refractivity contribution is 8.15. The fourth-order valence-electron chi connectivity index (χ4n) is 4.31. The number of halogens is 3. The summed E-state index contributed by atoms with van der Waals surface area (Å²) in [7, 11) is 1.59. The third-order valence-electron chi connectivity index (χ3n) is 6.31. The maximum Gasteiger partial charge on any atom is 0.573 e. The zero-order chi connectivity index (χ0) is 30.6. The van der Waals surface area contributed by atoms with Crippen LogP contribution in [0.2, 0.25) is 0 Å². The molecule has 0 spiro atoms. The van der Waals surface area contributed by atoms with Gasteiger partial charge in [0.05, 0.1) is 24.2 Å². The van der Waals surface area contributed by atoms with Crippen molar-refractivity contribution in [1.29, 1.82) is 0 Å². The average molecular weight is 627 g/mol. The number of thioether (sulfide) groups is 1. The predicted molar refractivity (Wildman–Crippen MR) is 163 cm³/mol. The number of anilines is 1. The topological polar surface area (TPSA) is 93.9 Å². The lowest BCUT2D eigenvalue weighted by atomic mass is 10.1. The Hall–Kier alpha value is -4.43. The first-order valence-corrected chi connectivity index (χ1v) is 14.3. The van der Waals surface area contributed by atoms with Crippen molar-refractivity contribution in [3.63, 3.8) is 0 Å². The molecule has 1 amide bonds. The first-order valence-electron chi connectivity index (χ1n) is 12.9. The molecule has 4 aromatic rings. The normalized spacial score (nSPS) is 14.3. The number of benzene rings is 3. The minimum Gasteiger partial charge on any atom is -0.497 e. The van der Waals surface area contributed by atoms with Gasteiger partial charge in [-0.15, -0.1) is 18.3 Å². The SMILES string of the molecule is COc1ccc(N2C(=O)CS/C2=N\C(=S)NCCc2cccc(-c3ncn(-c4ccc(OC(F)(F)F)cc4)n3)c2)c(C)c1. The zero-order valence-electron chi connectivity index (χ0n) is 23.0. The molecular weight excluding hydrogens is 601 g/mol. The van der Waals surface area contributed by atoms with Crippen molar-refractivity contribution in [2.24, 2.45) is 4.99 Å². The summed E-state index contributed by atoms with van der Waals surface area (Å²) in [6.45, 7) is 2.41. The van der Waals surface area contributed by atoms with E-state index < -0.39 is 6.36 Å². The van der Waals surface area contributed by atoms with Gasteiger partial charge in [0.1, 0.15) is 17.8 Å². The molecule has 0 radical (unpaired) electrons. The van der Waals surface area contributed by atoms with Crippen LogP contribution in [0.25, 0.3) is 17.1 Å². The van der Waals surface area contributed by atoms with Gasteiger partial charge >= 0.3 is 6.36 Å². The van der Waals surface area contributed by atoms with Crippen LogP contribution >= 0.6 is 24.0 Å². The number of aromatic nitrogens is 3. The molecule has 0 aliphatic carbocycles. The molecule has 2 heterocycles. The quantitative estimate of drug-likeness (QED) is 0.249. The Morgan fingerprint density at radius 2 is 1.88 bits per heavy atom. The van der Waals surface area contributed by atoms with Crippen molar-refractivity contribution in [1.82, 2.24) is 20.1 Å². The van der Waals surface area contributed by atoms with Crippen LogP contribution in [-0.2, 0) is 11.2 Å². The number of amidine groups is 1. The standard InChI is InChI=1S/C29H25F3N6O3S2/c1-18-14-23(40-2)10-11-24(18)38-25(39)16-43-28(38)35-27(42)33-13-12-19-4-3-5-20(15-19)26-34-17-37(36-26)21-6-8-22(9-7-21)41-29(30,31)32/h3-11,14-15,17H,12-13,16H2,1-2H3,(H,33,42)/b35-28-. The molecule has 222 valence electrons. The van der Waals surface area contributed by atoms with Crippen LogP contribution in [0, 0.1) is 6.92 Å². The lowest BCUT2D eigenvalue weighted by Crippen LogP contribution is -2.32. The van der Waals surface area contributed by atoms with Crippen molar-refractivity contribution >= 4 is 45.9 Å². The van der Waals surface area contributed by atoms with E-state index in [0.29, 0.717) is 35.4 Å². The lowest BCUT2D eigenvalue weighted by molar-refractivity contribution is -0.274. The summed E-state index contributed by atoms with van der Waals surface area (Å²) in [6.07, 6.45) is -2.63. The van der Waals surface area contributed by atoms with Gasteiger partial charge in [0.25, 0.3) is 0 Å². The number of nitrogens with one attached hydrogen (secondary N) is 1. The number of ether oxygens (including phenoxy) is 2. The monoisotopic (exact) mass is 626 g/mol. The van der Waals surface area contributed by atoms with E-state index in [0.717, 1.165) is 22.4 Å². The number of nitrogens with zero attached hydrogens (tertiary/aromatic N) is 5. The number of rotatable bonds is 8. The van der Waals surface area contributed by atoms with Crippen LogP contribution in [0.15, 0.2) is 78.0 Å². The van der Waals surface area contributed by atoms with E-state index in [1.54, 1.807) is 18.1 Å². The van der Waals surface area contributed by atoms with Gasteiger partial charge in [0.15, 0.2) is 16.1 Å². The fraction of sp³-hybridized carbons (Fsp3) is 0.207. The Morgan fingerprint density at radius 1 is 1.12 bits per heavy atom. The van der Waals surface area contributed by atoms with E-state index in [4.69, 9.17) is 17.0 Å². The second-order valence-corrected chi connectivity index (χ2v) is 10.6. The van der Waals surface area contributed by atoms with Crippen LogP contribution in [0.5, 0.6) is 11.5 Å². The number of methoxy groups -OCH3 is 1. The summed E-state index contributed by atoms with van der Waals surface area (Å²) >= 11 is 6.78. The Kier molecular flexibility index (Phi) is 8.97. The molecule has 3 aromatic carbocycles. The van der Waals surface area contributed by atoms with Crippen LogP contribution in [0.1, 0.15) is 11.1 Å². The molecule has 1 aliphatic rings. The first-order chi connectivity index (χ1) is 20.6. The number of hydrogen-bond donors (Lipinski definition) is 1. The maximum absolute atomic E-state index is 12.6. The van der Waals surface area contributed by atoms with Gasteiger partial charge in [-0.25, -0.2) is 9.67 Å². The van der Waals surface area contributed by atoms with Gasteiger partial charge in [0, 0.05) is 12.1 Å². The summed E-state index contributed by atoms with van der Waals surface area (Å²) < 4.78 is 47.9. The largest absolute Gasteiger partial charge is 0.573 e. The van der Waals surface area contributed by atoms with E-state index in [-0.39, 0.29) is 22.5 Å². The number of alkyl halides is 3. The molecule has 14 heteroatoms. The Morgan fingerprint density at radius 3 is 2.60 bits per heavy atom. The van der Waals surface area contributed by atoms with Gasteiger partial charge in [-0.05, 0) is 85.2 Å². The zero-order valence-corrected chi connectivity index (χ0v) is 24.6. The highest BCUT2D eigenvalue weighted by atomic mass is 32.2. The molecule has 1 saturated heterocycles. The van der Waals surface area contributed by atoms with E-state index >= 15 is 0 Å². The molecule has 9 nitrogen and oxygen atoms in total.